The second-order valence-electron chi connectivity index (χ2n) is 8.30. The summed E-state index contributed by atoms with van der Waals surface area (Å²) in [5.74, 6) is 2.80. The van der Waals surface area contributed by atoms with Crippen molar-refractivity contribution >= 4 is 16.9 Å². The van der Waals surface area contributed by atoms with E-state index >= 15 is 0 Å². The third kappa shape index (κ3) is 4.55. The van der Waals surface area contributed by atoms with Crippen LogP contribution >= 0.6 is 0 Å². The van der Waals surface area contributed by atoms with E-state index in [1.54, 1.807) is 7.11 Å². The third-order valence-electron chi connectivity index (χ3n) is 6.12. The van der Waals surface area contributed by atoms with Gasteiger partial charge in [0.2, 0.25) is 5.91 Å². The van der Waals surface area contributed by atoms with Crippen LogP contribution in [0.3, 0.4) is 0 Å². The van der Waals surface area contributed by atoms with Crippen LogP contribution in [0, 0.1) is 0 Å². The third-order valence-corrected chi connectivity index (χ3v) is 6.12. The molecular weight excluding hydrogens is 414 g/mol. The van der Waals surface area contributed by atoms with Gasteiger partial charge in [-0.25, -0.2) is 4.98 Å². The Morgan fingerprint density at radius 1 is 0.939 bits per heavy atom. The Bertz CT molecular complexity index is 1230. The first-order valence-electron chi connectivity index (χ1n) is 11.2. The number of hydrogen-bond acceptors (Lipinski definition) is 4. The van der Waals surface area contributed by atoms with E-state index in [0.717, 1.165) is 33.9 Å². The van der Waals surface area contributed by atoms with E-state index in [9.17, 15) is 4.79 Å². The summed E-state index contributed by atoms with van der Waals surface area (Å²) in [5, 5.41) is 0. The molecule has 1 amide bonds. The van der Waals surface area contributed by atoms with E-state index in [0.29, 0.717) is 32.7 Å². The summed E-state index contributed by atoms with van der Waals surface area (Å²) in [4.78, 5) is 19.7. The van der Waals surface area contributed by atoms with Crippen molar-refractivity contribution in [3.05, 3.63) is 90.3 Å². The average molecular weight is 442 g/mol. The number of hydrogen-bond donors (Lipinski definition) is 0. The van der Waals surface area contributed by atoms with Crippen LogP contribution in [0.5, 0.6) is 11.5 Å². The summed E-state index contributed by atoms with van der Waals surface area (Å²) in [6, 6.07) is 25.9. The zero-order valence-corrected chi connectivity index (χ0v) is 18.7. The molecule has 0 N–H and O–H groups in total. The highest BCUT2D eigenvalue weighted by molar-refractivity contribution is 5.81. The lowest BCUT2D eigenvalue weighted by Crippen LogP contribution is -2.24. The van der Waals surface area contributed by atoms with Crippen LogP contribution in [0.15, 0.2) is 78.9 Å². The number of carbonyl (C=O) groups excluding carboxylic acids is 1. The molecule has 4 aromatic rings. The van der Waals surface area contributed by atoms with Crippen molar-refractivity contribution in [2.45, 2.75) is 25.4 Å². The highest BCUT2D eigenvalue weighted by Crippen LogP contribution is 2.31. The minimum atomic E-state index is 0.0644. The van der Waals surface area contributed by atoms with Gasteiger partial charge in [0.05, 0.1) is 24.7 Å². The molecule has 0 unspecified atom stereocenters. The first-order valence-corrected chi connectivity index (χ1v) is 11.2. The maximum atomic E-state index is 12.8. The lowest BCUT2D eigenvalue weighted by Gasteiger charge is -2.17. The number of ether oxygens (including phenoxy) is 2. The van der Waals surface area contributed by atoms with Crippen LogP contribution < -0.4 is 9.47 Å². The molecule has 1 aromatic heterocycles. The molecule has 6 nitrogen and oxygen atoms in total. The van der Waals surface area contributed by atoms with Gasteiger partial charge < -0.3 is 18.9 Å². The van der Waals surface area contributed by atoms with Gasteiger partial charge in [-0.3, -0.25) is 4.79 Å². The minimum absolute atomic E-state index is 0.0644. The molecule has 0 radical (unpaired) electrons. The van der Waals surface area contributed by atoms with E-state index in [2.05, 4.69) is 22.8 Å². The van der Waals surface area contributed by atoms with Crippen LogP contribution in [0.25, 0.3) is 11.0 Å². The molecule has 33 heavy (non-hydrogen) atoms. The lowest BCUT2D eigenvalue weighted by molar-refractivity contribution is -0.128. The summed E-state index contributed by atoms with van der Waals surface area (Å²) in [6.45, 7) is 2.48. The second kappa shape index (κ2) is 9.36. The Balaban J connectivity index is 1.33. The Kier molecular flexibility index (Phi) is 5.98. The van der Waals surface area contributed by atoms with Gasteiger partial charge in [-0.15, -0.1) is 0 Å². The molecule has 0 aliphatic carbocycles. The first-order chi connectivity index (χ1) is 16.2. The van der Waals surface area contributed by atoms with Crippen LogP contribution in [0.1, 0.15) is 23.7 Å². The molecule has 5 rings (SSSR count). The van der Waals surface area contributed by atoms with E-state index in [1.807, 2.05) is 65.6 Å². The number of amides is 1. The molecular formula is C27H27N3O3. The topological polar surface area (TPSA) is 56.6 Å². The number of carbonyl (C=O) groups is 1. The summed E-state index contributed by atoms with van der Waals surface area (Å²) >= 11 is 0. The zero-order valence-electron chi connectivity index (χ0n) is 18.7. The van der Waals surface area contributed by atoms with Gasteiger partial charge in [0.1, 0.15) is 23.9 Å². The number of benzene rings is 3. The molecule has 1 aliphatic rings. The molecule has 0 saturated carbocycles. The van der Waals surface area contributed by atoms with Gasteiger partial charge >= 0.3 is 0 Å². The van der Waals surface area contributed by atoms with Crippen molar-refractivity contribution < 1.29 is 14.3 Å². The lowest BCUT2D eigenvalue weighted by atomic mass is 10.1. The average Bonchev–Trinajstić information content (AvgIpc) is 3.40. The molecule has 1 fully saturated rings. The normalized spacial score (nSPS) is 15.8. The number of imidazole rings is 1. The Hall–Kier alpha value is -3.80. The smallest absolute Gasteiger partial charge is 0.223 e. The van der Waals surface area contributed by atoms with Crippen molar-refractivity contribution in [1.29, 1.82) is 0 Å². The van der Waals surface area contributed by atoms with Gasteiger partial charge in [0.15, 0.2) is 0 Å². The number of aromatic nitrogens is 2. The Morgan fingerprint density at radius 3 is 2.45 bits per heavy atom. The van der Waals surface area contributed by atoms with Crippen LogP contribution in [0.2, 0.25) is 0 Å². The fraction of sp³-hybridized carbons (Fsp3) is 0.259. The largest absolute Gasteiger partial charge is 0.497 e. The van der Waals surface area contributed by atoms with Crippen molar-refractivity contribution in [2.75, 3.05) is 20.3 Å². The predicted octanol–water partition coefficient (Wildman–Crippen LogP) is 4.64. The zero-order chi connectivity index (χ0) is 22.6. The van der Waals surface area contributed by atoms with E-state index in [1.165, 1.54) is 0 Å². The monoisotopic (exact) mass is 441 g/mol. The van der Waals surface area contributed by atoms with Crippen LogP contribution in [-0.2, 0) is 17.9 Å². The summed E-state index contributed by atoms with van der Waals surface area (Å²) in [6.07, 6.45) is 0.482. The van der Waals surface area contributed by atoms with Crippen molar-refractivity contribution in [2.24, 2.45) is 0 Å². The molecule has 3 aromatic carbocycles. The quantitative estimate of drug-likeness (QED) is 0.400. The molecule has 1 aliphatic heterocycles. The first kappa shape index (κ1) is 21.1. The van der Waals surface area contributed by atoms with Gasteiger partial charge in [0.25, 0.3) is 0 Å². The van der Waals surface area contributed by atoms with Crippen LogP contribution in [0.4, 0.5) is 0 Å². The van der Waals surface area contributed by atoms with E-state index in [-0.39, 0.29) is 11.8 Å². The number of methoxy groups -OCH3 is 1. The van der Waals surface area contributed by atoms with Crippen molar-refractivity contribution in [1.82, 2.24) is 14.5 Å². The minimum Gasteiger partial charge on any atom is -0.497 e. The molecule has 0 spiro atoms. The van der Waals surface area contributed by atoms with Crippen molar-refractivity contribution in [3.8, 4) is 11.5 Å². The van der Waals surface area contributed by atoms with E-state index < -0.39 is 0 Å². The number of nitrogens with zero attached hydrogens (tertiary/aromatic N) is 3. The molecule has 2 heterocycles. The highest BCUT2D eigenvalue weighted by Gasteiger charge is 2.33. The number of likely N-dealkylation sites (tertiary alicyclic amines) is 1. The molecule has 0 bridgehead atoms. The number of rotatable bonds is 8. The van der Waals surface area contributed by atoms with Gasteiger partial charge in [-0.2, -0.15) is 0 Å². The molecule has 168 valence electrons. The Labute approximate surface area is 193 Å². The standard InChI is InChI=1S/C27H27N3O3/c1-32-22-11-13-23(14-12-22)33-16-15-30-25-10-6-5-9-24(25)28-27(30)21-17-26(31)29(19-21)18-20-7-3-2-4-8-20/h2-14,21H,15-19H2,1H3/t21-/m1/s1. The van der Waals surface area contributed by atoms with Gasteiger partial charge in [0, 0.05) is 25.4 Å². The fourth-order valence-electron chi connectivity index (χ4n) is 4.47. The van der Waals surface area contributed by atoms with Gasteiger partial charge in [-0.1, -0.05) is 42.5 Å². The maximum Gasteiger partial charge on any atom is 0.223 e. The predicted molar refractivity (Wildman–Crippen MR) is 127 cm³/mol. The fourth-order valence-corrected chi connectivity index (χ4v) is 4.47. The molecule has 1 saturated heterocycles. The summed E-state index contributed by atoms with van der Waals surface area (Å²) < 4.78 is 13.4. The van der Waals surface area contributed by atoms with Gasteiger partial charge in [-0.05, 0) is 42.0 Å². The SMILES string of the molecule is COc1ccc(OCCn2c([C@@H]3CC(=O)N(Cc4ccccc4)C3)nc3ccccc32)cc1. The van der Waals surface area contributed by atoms with Crippen LogP contribution in [-0.4, -0.2) is 40.6 Å². The summed E-state index contributed by atoms with van der Waals surface area (Å²) in [7, 11) is 1.65. The number of para-hydroxylation sites is 2. The van der Waals surface area contributed by atoms with E-state index in [4.69, 9.17) is 14.5 Å². The molecule has 1 atom stereocenters. The summed E-state index contributed by atoms with van der Waals surface area (Å²) in [5.41, 5.74) is 3.17. The molecule has 6 heteroatoms. The number of fused-ring (bicyclic) bond motifs is 1. The Morgan fingerprint density at radius 2 is 1.67 bits per heavy atom. The second-order valence-corrected chi connectivity index (χ2v) is 8.30. The highest BCUT2D eigenvalue weighted by atomic mass is 16.5. The van der Waals surface area contributed by atoms with Crippen molar-refractivity contribution in [3.63, 3.8) is 0 Å². The maximum absolute atomic E-state index is 12.8.